The van der Waals surface area contributed by atoms with Gasteiger partial charge in [-0.25, -0.2) is 0 Å². The minimum absolute atomic E-state index is 0.116. The van der Waals surface area contributed by atoms with E-state index in [1.54, 1.807) is 6.07 Å². The quantitative estimate of drug-likeness (QED) is 0.507. The molecule has 0 aliphatic carbocycles. The van der Waals surface area contributed by atoms with E-state index in [2.05, 4.69) is 37.2 Å². The number of hydrogen-bond acceptors (Lipinski definition) is 9. The zero-order chi connectivity index (χ0) is 25.2. The Bertz CT molecular complexity index is 1150. The number of furan rings is 1. The summed E-state index contributed by atoms with van der Waals surface area (Å²) in [6.07, 6.45) is -4.50. The lowest BCUT2D eigenvalue weighted by molar-refractivity contribution is -0.154. The number of anilines is 2. The number of alkyl halides is 3. The van der Waals surface area contributed by atoms with Gasteiger partial charge in [0.25, 0.3) is 0 Å². The molecule has 0 bridgehead atoms. The highest BCUT2D eigenvalue weighted by Crippen LogP contribution is 2.22. The highest BCUT2D eigenvalue weighted by Gasteiger charge is 2.30. The first-order valence-electron chi connectivity index (χ1n) is 11.3. The summed E-state index contributed by atoms with van der Waals surface area (Å²) in [5.74, 6) is 1.78. The Morgan fingerprint density at radius 2 is 1.80 bits per heavy atom. The zero-order valence-electron chi connectivity index (χ0n) is 20.2. The highest BCUT2D eigenvalue weighted by molar-refractivity contribution is 5.39. The lowest BCUT2D eigenvalue weighted by Crippen LogP contribution is -2.46. The Labute approximate surface area is 201 Å². The minimum Gasteiger partial charge on any atom is -0.465 e. The molecule has 4 rings (SSSR count). The van der Waals surface area contributed by atoms with Crippen LogP contribution in [0.15, 0.2) is 16.5 Å². The molecule has 0 amide bonds. The Morgan fingerprint density at radius 1 is 1.06 bits per heavy atom. The Balaban J connectivity index is 1.45. The molecule has 0 spiro atoms. The average Bonchev–Trinajstić information content (AvgIpc) is 3.33. The molecule has 13 heteroatoms. The molecule has 0 unspecified atom stereocenters. The van der Waals surface area contributed by atoms with Gasteiger partial charge in [0.15, 0.2) is 6.61 Å². The van der Waals surface area contributed by atoms with Crippen molar-refractivity contribution in [2.24, 2.45) is 7.05 Å². The fourth-order valence-corrected chi connectivity index (χ4v) is 3.90. The van der Waals surface area contributed by atoms with Crippen molar-refractivity contribution in [1.29, 1.82) is 0 Å². The number of ether oxygens (including phenoxy) is 1. The Kier molecular flexibility index (Phi) is 7.15. The maximum atomic E-state index is 12.7. The molecule has 1 N–H and O–H groups in total. The number of piperazine rings is 1. The summed E-state index contributed by atoms with van der Waals surface area (Å²) in [5, 5.41) is 7.46. The zero-order valence-corrected chi connectivity index (χ0v) is 20.2. The van der Waals surface area contributed by atoms with Crippen LogP contribution in [0.25, 0.3) is 0 Å². The van der Waals surface area contributed by atoms with E-state index in [1.807, 2.05) is 36.5 Å². The van der Waals surface area contributed by atoms with Gasteiger partial charge < -0.3 is 19.4 Å². The number of rotatable bonds is 8. The van der Waals surface area contributed by atoms with Crippen molar-refractivity contribution in [3.8, 4) is 6.01 Å². The molecule has 4 heterocycles. The third-order valence-electron chi connectivity index (χ3n) is 5.88. The third kappa shape index (κ3) is 6.41. The van der Waals surface area contributed by atoms with Crippen molar-refractivity contribution in [2.75, 3.05) is 43.0 Å². The van der Waals surface area contributed by atoms with Gasteiger partial charge in [-0.3, -0.25) is 9.58 Å². The fourth-order valence-electron chi connectivity index (χ4n) is 3.90. The van der Waals surface area contributed by atoms with Crippen molar-refractivity contribution in [3.63, 3.8) is 0 Å². The summed E-state index contributed by atoms with van der Waals surface area (Å²) < 4.78 is 50.3. The van der Waals surface area contributed by atoms with Crippen LogP contribution in [0.5, 0.6) is 6.01 Å². The first-order valence-corrected chi connectivity index (χ1v) is 11.3. The van der Waals surface area contributed by atoms with E-state index in [4.69, 9.17) is 9.15 Å². The monoisotopic (exact) mass is 494 g/mol. The largest absolute Gasteiger partial charge is 0.465 e. The van der Waals surface area contributed by atoms with Crippen molar-refractivity contribution >= 4 is 11.9 Å². The molecule has 3 aromatic heterocycles. The molecule has 0 saturated carbocycles. The van der Waals surface area contributed by atoms with Crippen LogP contribution < -0.4 is 15.0 Å². The number of aryl methyl sites for hydroxylation is 3. The van der Waals surface area contributed by atoms with Crippen LogP contribution in [0.1, 0.15) is 28.5 Å². The van der Waals surface area contributed by atoms with Gasteiger partial charge in [-0.2, -0.15) is 33.2 Å². The summed E-state index contributed by atoms with van der Waals surface area (Å²) in [7, 11) is 1.93. The van der Waals surface area contributed by atoms with Crippen LogP contribution in [-0.4, -0.2) is 68.6 Å². The van der Waals surface area contributed by atoms with E-state index in [-0.39, 0.29) is 24.5 Å². The molecule has 35 heavy (non-hydrogen) atoms. The van der Waals surface area contributed by atoms with E-state index in [9.17, 15) is 13.2 Å². The van der Waals surface area contributed by atoms with Crippen LogP contribution in [0.4, 0.5) is 25.1 Å². The topological polar surface area (TPSA) is 97.4 Å². The van der Waals surface area contributed by atoms with E-state index in [0.717, 1.165) is 36.8 Å². The van der Waals surface area contributed by atoms with Crippen molar-refractivity contribution < 1.29 is 22.3 Å². The number of hydrogen-bond donors (Lipinski definition) is 1. The molecule has 190 valence electrons. The molecule has 0 aromatic carbocycles. The summed E-state index contributed by atoms with van der Waals surface area (Å²) in [5.41, 5.74) is 3.36. The maximum absolute atomic E-state index is 12.7. The highest BCUT2D eigenvalue weighted by atomic mass is 19.4. The normalized spacial score (nSPS) is 15.0. The SMILES string of the molecule is Cc1ccc(CNc2nc(OCC(F)(F)F)nc(N3CCN(Cc4c(C)nn(C)c4C)CC3)n2)o1. The van der Waals surface area contributed by atoms with E-state index >= 15 is 0 Å². The Morgan fingerprint density at radius 3 is 2.40 bits per heavy atom. The van der Waals surface area contributed by atoms with Gasteiger partial charge in [-0.15, -0.1) is 0 Å². The van der Waals surface area contributed by atoms with Crippen molar-refractivity contribution in [1.82, 2.24) is 29.6 Å². The predicted molar refractivity (Wildman–Crippen MR) is 122 cm³/mol. The number of nitrogens with zero attached hydrogens (tertiary/aromatic N) is 7. The van der Waals surface area contributed by atoms with Gasteiger partial charge in [-0.1, -0.05) is 0 Å². The molecule has 0 radical (unpaired) electrons. The second-order valence-electron chi connectivity index (χ2n) is 8.55. The van der Waals surface area contributed by atoms with Gasteiger partial charge in [-0.05, 0) is 32.9 Å². The van der Waals surface area contributed by atoms with Crippen LogP contribution in [0, 0.1) is 20.8 Å². The number of aromatic nitrogens is 5. The van der Waals surface area contributed by atoms with Gasteiger partial charge in [0.05, 0.1) is 12.2 Å². The fraction of sp³-hybridized carbons (Fsp3) is 0.545. The van der Waals surface area contributed by atoms with Crippen LogP contribution in [0.2, 0.25) is 0 Å². The minimum atomic E-state index is -4.50. The van der Waals surface area contributed by atoms with Crippen molar-refractivity contribution in [2.45, 2.75) is 40.0 Å². The molecule has 10 nitrogen and oxygen atoms in total. The first-order chi connectivity index (χ1) is 16.6. The van der Waals surface area contributed by atoms with Crippen LogP contribution in [-0.2, 0) is 20.1 Å². The molecule has 0 atom stereocenters. The van der Waals surface area contributed by atoms with Gasteiger partial charge in [0, 0.05) is 51.0 Å². The summed E-state index contributed by atoms with van der Waals surface area (Å²) in [6, 6.07) is 3.24. The summed E-state index contributed by atoms with van der Waals surface area (Å²) >= 11 is 0. The van der Waals surface area contributed by atoms with Crippen molar-refractivity contribution in [3.05, 3.63) is 40.6 Å². The van der Waals surface area contributed by atoms with E-state index in [0.29, 0.717) is 18.8 Å². The molecule has 1 aliphatic rings. The van der Waals surface area contributed by atoms with E-state index < -0.39 is 12.8 Å². The number of halogens is 3. The lowest BCUT2D eigenvalue weighted by atomic mass is 10.1. The third-order valence-corrected chi connectivity index (χ3v) is 5.88. The molecular formula is C22H29F3N8O2. The predicted octanol–water partition coefficient (Wildman–Crippen LogP) is 3.00. The van der Waals surface area contributed by atoms with Crippen LogP contribution in [0.3, 0.4) is 0 Å². The summed E-state index contributed by atoms with van der Waals surface area (Å²) in [4.78, 5) is 16.8. The second kappa shape index (κ2) is 10.1. The van der Waals surface area contributed by atoms with Gasteiger partial charge >= 0.3 is 12.2 Å². The molecule has 3 aromatic rings. The number of nitrogens with one attached hydrogen (secondary N) is 1. The summed E-state index contributed by atoms with van der Waals surface area (Å²) in [6.45, 7) is 8.16. The smallest absolute Gasteiger partial charge is 0.422 e. The second-order valence-corrected chi connectivity index (χ2v) is 8.55. The lowest BCUT2D eigenvalue weighted by Gasteiger charge is -2.34. The standard InChI is InChI=1S/C22H29F3N8O2/c1-14-5-6-17(35-14)11-26-19-27-20(29-21(28-19)34-13-22(23,24)25)33-9-7-32(8-10-33)12-18-15(2)30-31(4)16(18)3/h5-6H,7-13H2,1-4H3,(H,26,27,28,29). The van der Waals surface area contributed by atoms with Gasteiger partial charge in [0.1, 0.15) is 11.5 Å². The molecular weight excluding hydrogens is 465 g/mol. The molecule has 1 aliphatic heterocycles. The van der Waals surface area contributed by atoms with Crippen LogP contribution >= 0.6 is 0 Å². The first kappa shape index (κ1) is 24.8. The van der Waals surface area contributed by atoms with Gasteiger partial charge in [0.2, 0.25) is 11.9 Å². The maximum Gasteiger partial charge on any atom is 0.422 e. The average molecular weight is 495 g/mol. The molecule has 1 fully saturated rings. The molecule has 1 saturated heterocycles. The Hall–Kier alpha value is -3.35. The van der Waals surface area contributed by atoms with E-state index in [1.165, 1.54) is 5.56 Å².